The highest BCUT2D eigenvalue weighted by molar-refractivity contribution is 9.10. The molecule has 3 rings (SSSR count). The zero-order chi connectivity index (χ0) is 15.0. The third-order valence-electron chi connectivity index (χ3n) is 3.57. The maximum absolute atomic E-state index is 10.8. The lowest BCUT2D eigenvalue weighted by molar-refractivity contribution is 0.202. The Bertz CT molecular complexity index is 777. The average Bonchev–Trinajstić information content (AvgIpc) is 3.01. The number of aliphatic hydroxyl groups is 1. The Kier molecular flexibility index (Phi) is 3.82. The summed E-state index contributed by atoms with van der Waals surface area (Å²) < 4.78 is 4.43. The van der Waals surface area contributed by atoms with E-state index >= 15 is 0 Å². The molecule has 1 unspecified atom stereocenters. The van der Waals surface area contributed by atoms with Crippen molar-refractivity contribution in [1.82, 2.24) is 19.6 Å². The molecule has 0 spiro atoms. The van der Waals surface area contributed by atoms with Gasteiger partial charge in [-0.2, -0.15) is 10.2 Å². The first kappa shape index (κ1) is 14.3. The van der Waals surface area contributed by atoms with E-state index in [2.05, 4.69) is 33.1 Å². The number of para-hydroxylation sites is 1. The van der Waals surface area contributed by atoms with Crippen LogP contribution in [0.1, 0.15) is 30.8 Å². The molecule has 1 N–H and O–H groups in total. The van der Waals surface area contributed by atoms with Crippen LogP contribution in [0.2, 0.25) is 0 Å². The molecule has 0 fully saturated rings. The molecule has 0 radical (unpaired) electrons. The first-order chi connectivity index (χ1) is 10.1. The highest BCUT2D eigenvalue weighted by Gasteiger charge is 2.24. The quantitative estimate of drug-likeness (QED) is 0.788. The van der Waals surface area contributed by atoms with Gasteiger partial charge in [-0.3, -0.25) is 9.36 Å². The lowest BCUT2D eigenvalue weighted by Gasteiger charge is -2.12. The van der Waals surface area contributed by atoms with Gasteiger partial charge in [-0.1, -0.05) is 25.1 Å². The molecule has 0 saturated heterocycles. The van der Waals surface area contributed by atoms with Crippen molar-refractivity contribution >= 4 is 26.8 Å². The second-order valence-electron chi connectivity index (χ2n) is 5.03. The van der Waals surface area contributed by atoms with Crippen LogP contribution in [0.4, 0.5) is 0 Å². The SMILES string of the molecule is CCCn1ncc(Br)c1C(O)c1nn(C)c2ccccc12. The number of nitrogens with zero attached hydrogens (tertiary/aromatic N) is 4. The standard InChI is InChI=1S/C15H17BrN4O/c1-3-8-20-14(11(16)9-17-20)15(21)13-10-6-4-5-7-12(10)19(2)18-13/h4-7,9,15,21H,3,8H2,1-2H3. The monoisotopic (exact) mass is 348 g/mol. The Balaban J connectivity index is 2.13. The highest BCUT2D eigenvalue weighted by Crippen LogP contribution is 2.32. The molecule has 0 aliphatic heterocycles. The number of hydrogen-bond donors (Lipinski definition) is 1. The molecule has 6 heteroatoms. The molecule has 0 aliphatic carbocycles. The zero-order valence-electron chi connectivity index (χ0n) is 12.0. The van der Waals surface area contributed by atoms with Crippen molar-refractivity contribution in [2.45, 2.75) is 26.0 Å². The van der Waals surface area contributed by atoms with E-state index in [1.807, 2.05) is 36.0 Å². The predicted molar refractivity (Wildman–Crippen MR) is 85.0 cm³/mol. The molecule has 0 saturated carbocycles. The largest absolute Gasteiger partial charge is 0.380 e. The molecular formula is C15H17BrN4O. The van der Waals surface area contributed by atoms with Gasteiger partial charge in [-0.25, -0.2) is 0 Å². The Hall–Kier alpha value is -1.66. The van der Waals surface area contributed by atoms with E-state index in [-0.39, 0.29) is 0 Å². The number of fused-ring (bicyclic) bond motifs is 1. The summed E-state index contributed by atoms with van der Waals surface area (Å²) in [6, 6.07) is 7.91. The molecule has 2 aromatic heterocycles. The first-order valence-corrected chi connectivity index (χ1v) is 7.73. The summed E-state index contributed by atoms with van der Waals surface area (Å²) >= 11 is 3.48. The van der Waals surface area contributed by atoms with Crippen molar-refractivity contribution in [3.8, 4) is 0 Å². The van der Waals surface area contributed by atoms with E-state index in [0.29, 0.717) is 5.69 Å². The number of benzene rings is 1. The molecule has 0 amide bonds. The van der Waals surface area contributed by atoms with Gasteiger partial charge in [-0.05, 0) is 28.4 Å². The van der Waals surface area contributed by atoms with E-state index in [1.165, 1.54) is 0 Å². The van der Waals surface area contributed by atoms with E-state index in [4.69, 9.17) is 0 Å². The average molecular weight is 349 g/mol. The van der Waals surface area contributed by atoms with Crippen molar-refractivity contribution in [3.63, 3.8) is 0 Å². The molecule has 0 bridgehead atoms. The van der Waals surface area contributed by atoms with Crippen LogP contribution in [-0.2, 0) is 13.6 Å². The van der Waals surface area contributed by atoms with E-state index in [1.54, 1.807) is 10.9 Å². The molecule has 5 nitrogen and oxygen atoms in total. The fourth-order valence-corrected chi connectivity index (χ4v) is 3.12. The van der Waals surface area contributed by atoms with Gasteiger partial charge in [-0.15, -0.1) is 0 Å². The summed E-state index contributed by atoms with van der Waals surface area (Å²) in [7, 11) is 1.89. The Morgan fingerprint density at radius 1 is 1.33 bits per heavy atom. The second-order valence-corrected chi connectivity index (χ2v) is 5.88. The molecule has 3 aromatic rings. The van der Waals surface area contributed by atoms with Crippen LogP contribution in [0.15, 0.2) is 34.9 Å². The predicted octanol–water partition coefficient (Wildman–Crippen LogP) is 3.02. The van der Waals surface area contributed by atoms with E-state index in [0.717, 1.165) is 34.0 Å². The second kappa shape index (κ2) is 5.61. The fraction of sp³-hybridized carbons (Fsp3) is 0.333. The van der Waals surface area contributed by atoms with Gasteiger partial charge in [0, 0.05) is 19.0 Å². The van der Waals surface area contributed by atoms with Crippen LogP contribution in [0, 0.1) is 0 Å². The maximum Gasteiger partial charge on any atom is 0.141 e. The molecular weight excluding hydrogens is 332 g/mol. The van der Waals surface area contributed by atoms with Crippen LogP contribution in [-0.4, -0.2) is 24.7 Å². The van der Waals surface area contributed by atoms with Crippen LogP contribution in [0.5, 0.6) is 0 Å². The van der Waals surface area contributed by atoms with Crippen LogP contribution >= 0.6 is 15.9 Å². The Labute approximate surface area is 131 Å². The van der Waals surface area contributed by atoms with E-state index < -0.39 is 6.10 Å². The minimum atomic E-state index is -0.806. The summed E-state index contributed by atoms with van der Waals surface area (Å²) in [4.78, 5) is 0. The van der Waals surface area contributed by atoms with Crippen molar-refractivity contribution in [3.05, 3.63) is 46.3 Å². The van der Waals surface area contributed by atoms with Crippen molar-refractivity contribution < 1.29 is 5.11 Å². The summed E-state index contributed by atoms with van der Waals surface area (Å²) in [6.07, 6.45) is 1.87. The Morgan fingerprint density at radius 2 is 2.10 bits per heavy atom. The lowest BCUT2D eigenvalue weighted by Crippen LogP contribution is -2.11. The third kappa shape index (κ3) is 2.38. The zero-order valence-corrected chi connectivity index (χ0v) is 13.6. The topological polar surface area (TPSA) is 55.9 Å². The minimum absolute atomic E-state index is 0.659. The molecule has 110 valence electrons. The molecule has 21 heavy (non-hydrogen) atoms. The van der Waals surface area contributed by atoms with Gasteiger partial charge in [0.05, 0.1) is 21.9 Å². The number of hydrogen-bond acceptors (Lipinski definition) is 3. The lowest BCUT2D eigenvalue weighted by atomic mass is 10.1. The summed E-state index contributed by atoms with van der Waals surface area (Å²) in [6.45, 7) is 2.85. The fourth-order valence-electron chi connectivity index (χ4n) is 2.61. The number of aryl methyl sites for hydroxylation is 2. The van der Waals surface area contributed by atoms with Gasteiger partial charge < -0.3 is 5.11 Å². The van der Waals surface area contributed by atoms with Crippen molar-refractivity contribution in [2.75, 3.05) is 0 Å². The molecule has 1 aromatic carbocycles. The van der Waals surface area contributed by atoms with Crippen molar-refractivity contribution in [1.29, 1.82) is 0 Å². The van der Waals surface area contributed by atoms with Gasteiger partial charge in [0.2, 0.25) is 0 Å². The summed E-state index contributed by atoms with van der Waals surface area (Å²) in [5.74, 6) is 0. The normalized spacial score (nSPS) is 13.0. The van der Waals surface area contributed by atoms with Gasteiger partial charge in [0.15, 0.2) is 0 Å². The summed E-state index contributed by atoms with van der Waals surface area (Å²) in [5, 5.41) is 20.6. The number of rotatable bonds is 4. The van der Waals surface area contributed by atoms with E-state index in [9.17, 15) is 5.11 Å². The van der Waals surface area contributed by atoms with Gasteiger partial charge in [0.25, 0.3) is 0 Å². The smallest absolute Gasteiger partial charge is 0.141 e. The molecule has 2 heterocycles. The number of halogens is 1. The minimum Gasteiger partial charge on any atom is -0.380 e. The van der Waals surface area contributed by atoms with Crippen LogP contribution in [0.3, 0.4) is 0 Å². The molecule has 0 aliphatic rings. The van der Waals surface area contributed by atoms with Crippen molar-refractivity contribution in [2.24, 2.45) is 7.05 Å². The third-order valence-corrected chi connectivity index (χ3v) is 4.18. The van der Waals surface area contributed by atoms with Crippen LogP contribution in [0.25, 0.3) is 10.9 Å². The molecule has 1 atom stereocenters. The first-order valence-electron chi connectivity index (χ1n) is 6.94. The summed E-state index contributed by atoms with van der Waals surface area (Å²) in [5.41, 5.74) is 2.41. The van der Waals surface area contributed by atoms with Gasteiger partial charge >= 0.3 is 0 Å². The van der Waals surface area contributed by atoms with Crippen LogP contribution < -0.4 is 0 Å². The Morgan fingerprint density at radius 3 is 2.86 bits per heavy atom. The highest BCUT2D eigenvalue weighted by atomic mass is 79.9. The maximum atomic E-state index is 10.8. The van der Waals surface area contributed by atoms with Gasteiger partial charge in [0.1, 0.15) is 11.8 Å². The number of aliphatic hydroxyl groups excluding tert-OH is 1. The number of aromatic nitrogens is 4.